The van der Waals surface area contributed by atoms with Crippen molar-refractivity contribution in [2.24, 2.45) is 0 Å². The summed E-state index contributed by atoms with van der Waals surface area (Å²) in [6, 6.07) is 12.8. The molecule has 4 rings (SSSR count). The molecule has 1 aromatic heterocycles. The van der Waals surface area contributed by atoms with E-state index in [1.165, 1.54) is 11.8 Å². The molecular formula is C21H19N3O4S. The Morgan fingerprint density at radius 3 is 2.90 bits per heavy atom. The van der Waals surface area contributed by atoms with Gasteiger partial charge in [-0.3, -0.25) is 9.36 Å². The lowest BCUT2D eigenvalue weighted by atomic mass is 10.1. The molecule has 0 aliphatic carbocycles. The molecule has 3 aromatic rings. The van der Waals surface area contributed by atoms with Crippen LogP contribution in [-0.4, -0.2) is 40.2 Å². The summed E-state index contributed by atoms with van der Waals surface area (Å²) in [6.07, 6.45) is 1.77. The van der Waals surface area contributed by atoms with E-state index in [4.69, 9.17) is 14.2 Å². The predicted octanol–water partition coefficient (Wildman–Crippen LogP) is 3.84. The summed E-state index contributed by atoms with van der Waals surface area (Å²) in [5.74, 6) is 2.82. The molecule has 148 valence electrons. The minimum absolute atomic E-state index is 0.0275. The van der Waals surface area contributed by atoms with Crippen molar-refractivity contribution in [3.63, 3.8) is 0 Å². The molecule has 0 saturated carbocycles. The molecule has 1 aliphatic rings. The zero-order chi connectivity index (χ0) is 20.2. The number of thioether (sulfide) groups is 1. The fraction of sp³-hybridized carbons (Fsp3) is 0.190. The number of Topliss-reactive ketones (excluding diaryl/α,β-unsaturated/α-hetero) is 1. The van der Waals surface area contributed by atoms with E-state index in [9.17, 15) is 4.79 Å². The number of allylic oxidation sites excluding steroid dienone is 1. The van der Waals surface area contributed by atoms with Crippen LogP contribution < -0.4 is 14.2 Å². The Labute approximate surface area is 172 Å². The summed E-state index contributed by atoms with van der Waals surface area (Å²) < 4.78 is 18.0. The van der Waals surface area contributed by atoms with Gasteiger partial charge < -0.3 is 14.2 Å². The monoisotopic (exact) mass is 409 g/mol. The van der Waals surface area contributed by atoms with Gasteiger partial charge in [-0.25, -0.2) is 0 Å². The number of carbonyl (C=O) groups excluding carboxylic acids is 1. The Morgan fingerprint density at radius 1 is 1.24 bits per heavy atom. The molecule has 0 atom stereocenters. The van der Waals surface area contributed by atoms with Gasteiger partial charge in [-0.05, 0) is 30.3 Å². The average molecular weight is 409 g/mol. The van der Waals surface area contributed by atoms with Crippen LogP contribution in [0, 0.1) is 0 Å². The summed E-state index contributed by atoms with van der Waals surface area (Å²) >= 11 is 1.33. The number of methoxy groups -OCH3 is 1. The Morgan fingerprint density at radius 2 is 2.07 bits per heavy atom. The second-order valence-electron chi connectivity index (χ2n) is 6.19. The first-order valence-corrected chi connectivity index (χ1v) is 9.93. The molecule has 0 bridgehead atoms. The second kappa shape index (κ2) is 8.40. The van der Waals surface area contributed by atoms with Crippen LogP contribution in [0.4, 0.5) is 0 Å². The lowest BCUT2D eigenvalue weighted by Crippen LogP contribution is -2.06. The Bertz CT molecular complexity index is 1060. The number of ketones is 1. The lowest BCUT2D eigenvalue weighted by molar-refractivity contribution is 0.102. The van der Waals surface area contributed by atoms with Gasteiger partial charge >= 0.3 is 0 Å². The third-order valence-electron chi connectivity index (χ3n) is 4.40. The largest absolute Gasteiger partial charge is 0.496 e. The van der Waals surface area contributed by atoms with Crippen LogP contribution in [0.15, 0.2) is 60.3 Å². The zero-order valence-corrected chi connectivity index (χ0v) is 16.6. The van der Waals surface area contributed by atoms with Gasteiger partial charge in [-0.15, -0.1) is 16.8 Å². The van der Waals surface area contributed by atoms with Crippen LogP contribution in [0.1, 0.15) is 10.4 Å². The molecule has 0 amide bonds. The first kappa shape index (κ1) is 19.1. The maximum Gasteiger partial charge on any atom is 0.231 e. The van der Waals surface area contributed by atoms with Crippen LogP contribution in [0.3, 0.4) is 0 Å². The normalized spacial score (nSPS) is 12.0. The summed E-state index contributed by atoms with van der Waals surface area (Å²) in [5, 5.41) is 9.25. The molecule has 29 heavy (non-hydrogen) atoms. The minimum atomic E-state index is -0.0275. The van der Waals surface area contributed by atoms with E-state index in [2.05, 4.69) is 16.8 Å². The number of fused-ring (bicyclic) bond motifs is 1. The molecule has 0 unspecified atom stereocenters. The molecule has 7 nitrogen and oxygen atoms in total. The number of rotatable bonds is 8. The molecule has 0 fully saturated rings. The highest BCUT2D eigenvalue weighted by molar-refractivity contribution is 7.99. The molecule has 0 saturated heterocycles. The molecule has 0 radical (unpaired) electrons. The number of hydrogen-bond acceptors (Lipinski definition) is 7. The highest BCUT2D eigenvalue weighted by Crippen LogP contribution is 2.34. The van der Waals surface area contributed by atoms with Crippen molar-refractivity contribution in [1.29, 1.82) is 0 Å². The quantitative estimate of drug-likeness (QED) is 0.318. The SMILES string of the molecule is C=CCn1c(SCC(=O)c2ccc3c(c2)OCO3)nnc1-c1ccccc1OC. The van der Waals surface area contributed by atoms with Gasteiger partial charge in [0.2, 0.25) is 6.79 Å². The number of ether oxygens (including phenoxy) is 3. The lowest BCUT2D eigenvalue weighted by Gasteiger charge is -2.10. The van der Waals surface area contributed by atoms with Gasteiger partial charge in [0.25, 0.3) is 0 Å². The van der Waals surface area contributed by atoms with E-state index in [-0.39, 0.29) is 18.3 Å². The summed E-state index contributed by atoms with van der Waals surface area (Å²) in [4.78, 5) is 12.6. The first-order chi connectivity index (χ1) is 14.2. The van der Waals surface area contributed by atoms with Crippen molar-refractivity contribution in [1.82, 2.24) is 14.8 Å². The molecule has 0 N–H and O–H groups in total. The van der Waals surface area contributed by atoms with Crippen molar-refractivity contribution in [2.45, 2.75) is 11.7 Å². The third kappa shape index (κ3) is 3.84. The highest BCUT2D eigenvalue weighted by Gasteiger charge is 2.19. The predicted molar refractivity (Wildman–Crippen MR) is 110 cm³/mol. The van der Waals surface area contributed by atoms with Crippen molar-refractivity contribution in [3.8, 4) is 28.6 Å². The Hall–Kier alpha value is -3.26. The Kier molecular flexibility index (Phi) is 5.53. The van der Waals surface area contributed by atoms with Gasteiger partial charge in [-0.1, -0.05) is 30.0 Å². The fourth-order valence-corrected chi connectivity index (χ4v) is 3.84. The van der Waals surface area contributed by atoms with Gasteiger partial charge in [0, 0.05) is 12.1 Å². The van der Waals surface area contributed by atoms with E-state index < -0.39 is 0 Å². The third-order valence-corrected chi connectivity index (χ3v) is 5.37. The second-order valence-corrected chi connectivity index (χ2v) is 7.13. The van der Waals surface area contributed by atoms with E-state index in [0.29, 0.717) is 40.3 Å². The maximum absolute atomic E-state index is 12.6. The zero-order valence-electron chi connectivity index (χ0n) is 15.8. The van der Waals surface area contributed by atoms with Crippen LogP contribution >= 0.6 is 11.8 Å². The average Bonchev–Trinajstić information content (AvgIpc) is 3.38. The molecular weight excluding hydrogens is 390 g/mol. The molecule has 2 aromatic carbocycles. The fourth-order valence-electron chi connectivity index (χ4n) is 3.00. The summed E-state index contributed by atoms with van der Waals surface area (Å²) in [6.45, 7) is 4.51. The molecule has 0 spiro atoms. The topological polar surface area (TPSA) is 75.5 Å². The van der Waals surface area contributed by atoms with Gasteiger partial charge in [0.15, 0.2) is 28.3 Å². The molecule has 1 aliphatic heterocycles. The number of aromatic nitrogens is 3. The van der Waals surface area contributed by atoms with Gasteiger partial charge in [0.05, 0.1) is 18.4 Å². The number of para-hydroxylation sites is 1. The van der Waals surface area contributed by atoms with Gasteiger partial charge in [0.1, 0.15) is 5.75 Å². The smallest absolute Gasteiger partial charge is 0.231 e. The van der Waals surface area contributed by atoms with Crippen molar-refractivity contribution >= 4 is 17.5 Å². The first-order valence-electron chi connectivity index (χ1n) is 8.94. The maximum atomic E-state index is 12.6. The highest BCUT2D eigenvalue weighted by atomic mass is 32.2. The van der Waals surface area contributed by atoms with Crippen molar-refractivity contribution < 1.29 is 19.0 Å². The van der Waals surface area contributed by atoms with Crippen molar-refractivity contribution in [3.05, 3.63) is 60.7 Å². The standard InChI is InChI=1S/C21H19N3O4S/c1-3-10-24-20(15-6-4-5-7-17(15)26-2)22-23-21(24)29-12-16(25)14-8-9-18-19(11-14)28-13-27-18/h3-9,11H,1,10,12-13H2,2H3. The number of benzene rings is 2. The van der Waals surface area contributed by atoms with Crippen LogP contribution in [0.25, 0.3) is 11.4 Å². The van der Waals surface area contributed by atoms with Crippen LogP contribution in [-0.2, 0) is 6.54 Å². The Balaban J connectivity index is 1.55. The van der Waals surface area contributed by atoms with E-state index in [1.54, 1.807) is 31.4 Å². The van der Waals surface area contributed by atoms with Crippen LogP contribution in [0.2, 0.25) is 0 Å². The number of nitrogens with zero attached hydrogens (tertiary/aromatic N) is 3. The van der Waals surface area contributed by atoms with E-state index in [1.807, 2.05) is 28.8 Å². The number of carbonyl (C=O) groups is 1. The molecule has 8 heteroatoms. The number of hydrogen-bond donors (Lipinski definition) is 0. The van der Waals surface area contributed by atoms with E-state index in [0.717, 1.165) is 5.56 Å². The summed E-state index contributed by atoms with van der Waals surface area (Å²) in [7, 11) is 1.62. The van der Waals surface area contributed by atoms with Crippen LogP contribution in [0.5, 0.6) is 17.2 Å². The molecule has 2 heterocycles. The van der Waals surface area contributed by atoms with Gasteiger partial charge in [-0.2, -0.15) is 0 Å². The van der Waals surface area contributed by atoms with Crippen molar-refractivity contribution in [2.75, 3.05) is 19.7 Å². The minimum Gasteiger partial charge on any atom is -0.496 e. The summed E-state index contributed by atoms with van der Waals surface area (Å²) in [5.41, 5.74) is 1.40. The van der Waals surface area contributed by atoms with E-state index >= 15 is 0 Å².